The topological polar surface area (TPSA) is 72.9 Å². The van der Waals surface area contributed by atoms with Gasteiger partial charge in [-0.15, -0.1) is 0 Å². The number of fused-ring (bicyclic) bond motifs is 5. The number of carbonyl (C=O) groups excluding carboxylic acids is 3. The van der Waals surface area contributed by atoms with Crippen LogP contribution in [0.15, 0.2) is 90.5 Å². The van der Waals surface area contributed by atoms with Crippen molar-refractivity contribution >= 4 is 28.9 Å². The van der Waals surface area contributed by atoms with Crippen LogP contribution in [-0.4, -0.2) is 31.8 Å². The summed E-state index contributed by atoms with van der Waals surface area (Å²) in [5.74, 6) is -0.347. The Labute approximate surface area is 221 Å². The zero-order valence-corrected chi connectivity index (χ0v) is 21.4. The molecule has 0 aromatic heterocycles. The molecule has 3 aromatic rings. The van der Waals surface area contributed by atoms with E-state index in [4.69, 9.17) is 9.47 Å². The van der Waals surface area contributed by atoms with Crippen molar-refractivity contribution in [2.45, 2.75) is 6.92 Å². The van der Waals surface area contributed by atoms with Gasteiger partial charge in [0.25, 0.3) is 0 Å². The number of ketones is 1. The second kappa shape index (κ2) is 9.14. The number of benzene rings is 3. The van der Waals surface area contributed by atoms with Gasteiger partial charge in [-0.25, -0.2) is 4.90 Å². The number of Topliss-reactive ketones (excluding diaryl/α,β-unsaturated/α-hetero) is 1. The third-order valence-electron chi connectivity index (χ3n) is 7.97. The summed E-state index contributed by atoms with van der Waals surface area (Å²) in [6.07, 6.45) is 4.16. The molecule has 190 valence electrons. The Morgan fingerprint density at radius 1 is 0.711 bits per heavy atom. The molecule has 2 aliphatic carbocycles. The van der Waals surface area contributed by atoms with Gasteiger partial charge < -0.3 is 9.47 Å². The van der Waals surface area contributed by atoms with Crippen molar-refractivity contribution in [3.8, 4) is 11.5 Å². The summed E-state index contributed by atoms with van der Waals surface area (Å²) in [5, 5.41) is 0. The zero-order chi connectivity index (χ0) is 26.6. The quantitative estimate of drug-likeness (QED) is 0.257. The largest absolute Gasteiger partial charge is 0.497 e. The molecule has 4 atom stereocenters. The van der Waals surface area contributed by atoms with Gasteiger partial charge in [-0.05, 0) is 65.6 Å². The summed E-state index contributed by atoms with van der Waals surface area (Å²) >= 11 is 0. The van der Waals surface area contributed by atoms with Crippen molar-refractivity contribution in [3.05, 3.63) is 107 Å². The molecule has 6 nitrogen and oxygen atoms in total. The van der Waals surface area contributed by atoms with Crippen LogP contribution in [0.2, 0.25) is 0 Å². The fourth-order valence-electron chi connectivity index (χ4n) is 6.23. The Morgan fingerprint density at radius 3 is 1.66 bits per heavy atom. The maximum Gasteiger partial charge on any atom is 0.238 e. The minimum atomic E-state index is -0.472. The molecule has 4 unspecified atom stereocenters. The van der Waals surface area contributed by atoms with E-state index in [1.54, 1.807) is 38.5 Å². The Balaban J connectivity index is 1.46. The molecule has 38 heavy (non-hydrogen) atoms. The summed E-state index contributed by atoms with van der Waals surface area (Å²) in [6.45, 7) is 1.47. The predicted octanol–water partition coefficient (Wildman–Crippen LogP) is 5.33. The normalized spacial score (nSPS) is 23.1. The van der Waals surface area contributed by atoms with Gasteiger partial charge in [-0.1, -0.05) is 48.6 Å². The fourth-order valence-corrected chi connectivity index (χ4v) is 6.23. The number of anilines is 1. The fraction of sp³-hybridized carbons (Fsp3) is 0.219. The van der Waals surface area contributed by atoms with Crippen LogP contribution < -0.4 is 14.4 Å². The molecule has 1 heterocycles. The van der Waals surface area contributed by atoms with E-state index in [9.17, 15) is 14.4 Å². The highest BCUT2D eigenvalue weighted by Gasteiger charge is 2.62. The first-order chi connectivity index (χ1) is 18.4. The molecule has 1 saturated carbocycles. The van der Waals surface area contributed by atoms with Gasteiger partial charge in [0.2, 0.25) is 11.8 Å². The Morgan fingerprint density at radius 2 is 1.21 bits per heavy atom. The van der Waals surface area contributed by atoms with Gasteiger partial charge in [-0.3, -0.25) is 14.4 Å². The number of hydrogen-bond acceptors (Lipinski definition) is 5. The lowest BCUT2D eigenvalue weighted by Crippen LogP contribution is -2.33. The molecular formula is C32H27NO5. The lowest BCUT2D eigenvalue weighted by molar-refractivity contribution is -0.122. The van der Waals surface area contributed by atoms with E-state index in [0.29, 0.717) is 11.3 Å². The Bertz CT molecular complexity index is 1430. The number of amides is 2. The third-order valence-corrected chi connectivity index (χ3v) is 7.97. The zero-order valence-electron chi connectivity index (χ0n) is 21.4. The first-order valence-electron chi connectivity index (χ1n) is 12.6. The molecule has 0 radical (unpaired) electrons. The monoisotopic (exact) mass is 505 g/mol. The average Bonchev–Trinajstić information content (AvgIpc) is 3.58. The van der Waals surface area contributed by atoms with Crippen LogP contribution in [-0.2, 0) is 9.59 Å². The van der Waals surface area contributed by atoms with Crippen molar-refractivity contribution < 1.29 is 23.9 Å². The van der Waals surface area contributed by atoms with E-state index in [1.807, 2.05) is 48.5 Å². The SMILES string of the molecule is COc1ccc(C(=C2C3C=CC2C2C(=O)N(c4cccc(C(C)=O)c4)C(=O)C32)c2ccc(OC)cc2)cc1. The van der Waals surface area contributed by atoms with Gasteiger partial charge in [0.15, 0.2) is 5.78 Å². The summed E-state index contributed by atoms with van der Waals surface area (Å²) in [5.41, 5.74) is 5.04. The smallest absolute Gasteiger partial charge is 0.238 e. The minimum Gasteiger partial charge on any atom is -0.497 e. The average molecular weight is 506 g/mol. The van der Waals surface area contributed by atoms with Crippen LogP contribution in [0.4, 0.5) is 5.69 Å². The first-order valence-corrected chi connectivity index (χ1v) is 12.6. The molecule has 1 saturated heterocycles. The highest BCUT2D eigenvalue weighted by Crippen LogP contribution is 2.59. The van der Waals surface area contributed by atoms with Crippen LogP contribution in [0, 0.1) is 23.7 Å². The van der Waals surface area contributed by atoms with Gasteiger partial charge in [-0.2, -0.15) is 0 Å². The molecule has 6 heteroatoms. The first kappa shape index (κ1) is 23.9. The molecule has 0 spiro atoms. The van der Waals surface area contributed by atoms with Crippen LogP contribution >= 0.6 is 0 Å². The number of nitrogens with zero attached hydrogens (tertiary/aromatic N) is 1. The van der Waals surface area contributed by atoms with E-state index in [1.165, 1.54) is 11.8 Å². The molecular weight excluding hydrogens is 478 g/mol. The van der Waals surface area contributed by atoms with E-state index in [2.05, 4.69) is 12.2 Å². The molecule has 6 rings (SSSR count). The Hall–Kier alpha value is -4.45. The molecule has 0 N–H and O–H groups in total. The molecule has 3 aromatic carbocycles. The molecule has 2 fully saturated rings. The minimum absolute atomic E-state index is 0.110. The maximum atomic E-state index is 13.8. The highest BCUT2D eigenvalue weighted by atomic mass is 16.5. The summed E-state index contributed by atoms with van der Waals surface area (Å²) in [7, 11) is 3.27. The third kappa shape index (κ3) is 3.59. The van der Waals surface area contributed by atoms with Gasteiger partial charge in [0, 0.05) is 17.4 Å². The van der Waals surface area contributed by atoms with E-state index in [0.717, 1.165) is 33.8 Å². The number of ether oxygens (including phenoxy) is 2. The lowest BCUT2D eigenvalue weighted by atomic mass is 9.85. The summed E-state index contributed by atoms with van der Waals surface area (Å²) in [6, 6.07) is 22.5. The van der Waals surface area contributed by atoms with Gasteiger partial charge >= 0.3 is 0 Å². The van der Waals surface area contributed by atoms with Crippen molar-refractivity contribution in [3.63, 3.8) is 0 Å². The standard InChI is InChI=1S/C32H27NO5/c1-18(34)21-5-4-6-22(17-21)33-31(35)29-25-15-16-26(30(29)32(33)36)28(25)27(19-7-11-23(37-2)12-8-19)20-9-13-24(38-3)14-10-20/h4-17,25-26,29-30H,1-3H3. The van der Waals surface area contributed by atoms with Crippen molar-refractivity contribution in [2.24, 2.45) is 23.7 Å². The van der Waals surface area contributed by atoms with Crippen LogP contribution in [0.5, 0.6) is 11.5 Å². The van der Waals surface area contributed by atoms with Gasteiger partial charge in [0.05, 0.1) is 31.7 Å². The van der Waals surface area contributed by atoms with Crippen molar-refractivity contribution in [1.29, 1.82) is 0 Å². The summed E-state index contributed by atoms with van der Waals surface area (Å²) in [4.78, 5) is 40.8. The number of methoxy groups -OCH3 is 2. The molecule has 2 amide bonds. The van der Waals surface area contributed by atoms with E-state index < -0.39 is 11.8 Å². The molecule has 3 aliphatic rings. The second-order valence-electron chi connectivity index (χ2n) is 9.89. The predicted molar refractivity (Wildman–Crippen MR) is 144 cm³/mol. The number of allylic oxidation sites excluding steroid dienone is 3. The van der Waals surface area contributed by atoms with Gasteiger partial charge in [0.1, 0.15) is 11.5 Å². The van der Waals surface area contributed by atoms with Crippen LogP contribution in [0.25, 0.3) is 5.57 Å². The highest BCUT2D eigenvalue weighted by molar-refractivity contribution is 6.23. The molecule has 1 aliphatic heterocycles. The number of rotatable bonds is 6. The van der Waals surface area contributed by atoms with Crippen molar-refractivity contribution in [2.75, 3.05) is 19.1 Å². The van der Waals surface area contributed by atoms with Crippen LogP contribution in [0.1, 0.15) is 28.4 Å². The Kier molecular flexibility index (Phi) is 5.75. The lowest BCUT2D eigenvalue weighted by Gasteiger charge is -2.22. The maximum absolute atomic E-state index is 13.8. The number of imide groups is 1. The van der Waals surface area contributed by atoms with Crippen LogP contribution in [0.3, 0.4) is 0 Å². The number of carbonyl (C=O) groups is 3. The second-order valence-corrected chi connectivity index (χ2v) is 9.89. The number of hydrogen-bond donors (Lipinski definition) is 0. The van der Waals surface area contributed by atoms with E-state index >= 15 is 0 Å². The molecule has 2 bridgehead atoms. The van der Waals surface area contributed by atoms with Crippen molar-refractivity contribution in [1.82, 2.24) is 0 Å². The van der Waals surface area contributed by atoms with E-state index in [-0.39, 0.29) is 29.4 Å². The summed E-state index contributed by atoms with van der Waals surface area (Å²) < 4.78 is 10.7.